The smallest absolute Gasteiger partial charge is 0.306 e. The lowest BCUT2D eigenvalue weighted by Crippen LogP contribution is -1.99. The average Bonchev–Trinajstić information content (AvgIpc) is 3.27. The Morgan fingerprint density at radius 2 is 1.55 bits per heavy atom. The van der Waals surface area contributed by atoms with Crippen LogP contribution in [0.4, 0.5) is 0 Å². The van der Waals surface area contributed by atoms with Gasteiger partial charge in [-0.2, -0.15) is 0 Å². The van der Waals surface area contributed by atoms with Gasteiger partial charge in [-0.3, -0.25) is 4.79 Å². The number of hydrogen-bond acceptors (Lipinski definition) is 1. The van der Waals surface area contributed by atoms with E-state index >= 15 is 0 Å². The molecule has 0 aromatic rings. The molecule has 0 aromatic heterocycles. The topological polar surface area (TPSA) is 37.3 Å². The van der Waals surface area contributed by atoms with Crippen LogP contribution in [0.25, 0.3) is 0 Å². The molecule has 0 aliphatic heterocycles. The molecule has 0 spiro atoms. The van der Waals surface area contributed by atoms with Gasteiger partial charge in [0, 0.05) is 0 Å². The predicted octanol–water partition coefficient (Wildman–Crippen LogP) is 5.58. The number of carboxylic acid groups (broad SMARTS) is 1. The molecule has 2 atom stereocenters. The van der Waals surface area contributed by atoms with Crippen molar-refractivity contribution in [2.45, 2.75) is 83.5 Å². The van der Waals surface area contributed by atoms with Crippen LogP contribution in [0.3, 0.4) is 0 Å². The van der Waals surface area contributed by atoms with Crippen molar-refractivity contribution in [2.24, 2.45) is 11.8 Å². The van der Waals surface area contributed by atoms with Crippen LogP contribution in [0.5, 0.6) is 0 Å². The summed E-state index contributed by atoms with van der Waals surface area (Å²) in [6.45, 7) is 0. The first-order valence-electron chi connectivity index (χ1n) is 9.09. The highest BCUT2D eigenvalue weighted by Gasteiger charge is 2.42. The number of terminal acetylenes is 1. The second kappa shape index (κ2) is 12.3. The van der Waals surface area contributed by atoms with E-state index in [1.807, 2.05) is 0 Å². The van der Waals surface area contributed by atoms with Crippen molar-refractivity contribution in [3.05, 3.63) is 12.2 Å². The van der Waals surface area contributed by atoms with Crippen LogP contribution >= 0.6 is 0 Å². The molecule has 0 heterocycles. The summed E-state index contributed by atoms with van der Waals surface area (Å²) in [5.41, 5.74) is 0. The van der Waals surface area contributed by atoms with E-state index in [0.717, 1.165) is 19.3 Å². The van der Waals surface area contributed by atoms with Gasteiger partial charge >= 0.3 is 5.97 Å². The molecule has 2 heteroatoms. The van der Waals surface area contributed by atoms with E-state index in [4.69, 9.17) is 11.5 Å². The molecule has 0 saturated heterocycles. The first-order chi connectivity index (χ1) is 10.8. The Bertz CT molecular complexity index is 364. The van der Waals surface area contributed by atoms with Gasteiger partial charge in [0.15, 0.2) is 0 Å². The molecule has 1 saturated carbocycles. The van der Waals surface area contributed by atoms with Crippen molar-refractivity contribution in [3.63, 3.8) is 0 Å². The minimum atomic E-state index is -0.586. The zero-order chi connectivity index (χ0) is 16.0. The largest absolute Gasteiger partial charge is 0.481 e. The van der Waals surface area contributed by atoms with Gasteiger partial charge in [0.2, 0.25) is 0 Å². The minimum absolute atomic E-state index is 0.0120. The van der Waals surface area contributed by atoms with Crippen molar-refractivity contribution in [1.29, 1.82) is 0 Å². The molecular weight excluding hydrogens is 272 g/mol. The SMILES string of the molecule is C#CC=CCCCCCCCCCCCCC1CC1C(=O)O. The summed E-state index contributed by atoms with van der Waals surface area (Å²) in [7, 11) is 0. The highest BCUT2D eigenvalue weighted by atomic mass is 16.4. The Kier molecular flexibility index (Phi) is 10.5. The standard InChI is InChI=1S/C20H32O2/c1-2-3-4-5-6-7-8-9-10-11-12-13-14-15-16-18-17-19(18)20(21)22/h1,3-4,18-19H,5-17H2,(H,21,22). The fraction of sp³-hybridized carbons (Fsp3) is 0.750. The molecule has 1 rings (SSSR count). The molecule has 2 unspecified atom stereocenters. The zero-order valence-electron chi connectivity index (χ0n) is 13.9. The normalized spacial score (nSPS) is 20.1. The van der Waals surface area contributed by atoms with Crippen LogP contribution in [0.15, 0.2) is 12.2 Å². The van der Waals surface area contributed by atoms with Gasteiger partial charge in [0.1, 0.15) is 0 Å². The highest BCUT2D eigenvalue weighted by molar-refractivity contribution is 5.73. The number of aliphatic carboxylic acids is 1. The molecule has 22 heavy (non-hydrogen) atoms. The summed E-state index contributed by atoms with van der Waals surface area (Å²) in [5, 5.41) is 8.83. The van der Waals surface area contributed by atoms with E-state index in [-0.39, 0.29) is 5.92 Å². The maximum absolute atomic E-state index is 10.7. The Labute approximate surface area is 136 Å². The Balaban J connectivity index is 1.71. The second-order valence-electron chi connectivity index (χ2n) is 6.62. The van der Waals surface area contributed by atoms with E-state index in [1.54, 1.807) is 6.08 Å². The number of carbonyl (C=O) groups is 1. The summed E-state index contributed by atoms with van der Waals surface area (Å²) in [4.78, 5) is 10.7. The quantitative estimate of drug-likeness (QED) is 0.336. The van der Waals surface area contributed by atoms with Crippen molar-refractivity contribution in [3.8, 4) is 12.3 Å². The molecule has 0 bridgehead atoms. The number of allylic oxidation sites excluding steroid dienone is 2. The number of rotatable bonds is 14. The Hall–Kier alpha value is -1.23. The lowest BCUT2D eigenvalue weighted by atomic mass is 10.0. The van der Waals surface area contributed by atoms with E-state index in [1.165, 1.54) is 64.2 Å². The van der Waals surface area contributed by atoms with Crippen molar-refractivity contribution < 1.29 is 9.90 Å². The van der Waals surface area contributed by atoms with Crippen molar-refractivity contribution in [2.75, 3.05) is 0 Å². The molecule has 0 amide bonds. The lowest BCUT2D eigenvalue weighted by Gasteiger charge is -2.02. The molecule has 1 N–H and O–H groups in total. The molecular formula is C20H32O2. The van der Waals surface area contributed by atoms with Crippen LogP contribution in [0.2, 0.25) is 0 Å². The third kappa shape index (κ3) is 9.66. The molecule has 1 fully saturated rings. The summed E-state index contributed by atoms with van der Waals surface area (Å²) >= 11 is 0. The fourth-order valence-corrected chi connectivity index (χ4v) is 3.10. The molecule has 1 aliphatic rings. The van der Waals surface area contributed by atoms with Gasteiger partial charge in [0.05, 0.1) is 5.92 Å². The van der Waals surface area contributed by atoms with Gasteiger partial charge in [-0.05, 0) is 37.7 Å². The van der Waals surface area contributed by atoms with Gasteiger partial charge in [-0.1, -0.05) is 69.8 Å². The number of hydrogen-bond donors (Lipinski definition) is 1. The molecule has 1 aliphatic carbocycles. The second-order valence-corrected chi connectivity index (χ2v) is 6.62. The lowest BCUT2D eigenvalue weighted by molar-refractivity contribution is -0.138. The predicted molar refractivity (Wildman–Crippen MR) is 92.6 cm³/mol. The van der Waals surface area contributed by atoms with Gasteiger partial charge in [-0.15, -0.1) is 6.42 Å². The van der Waals surface area contributed by atoms with Crippen LogP contribution in [0, 0.1) is 24.2 Å². The van der Waals surface area contributed by atoms with E-state index in [0.29, 0.717) is 5.92 Å². The Morgan fingerprint density at radius 1 is 1.00 bits per heavy atom. The van der Waals surface area contributed by atoms with Crippen molar-refractivity contribution >= 4 is 5.97 Å². The summed E-state index contributed by atoms with van der Waals surface area (Å²) in [6, 6.07) is 0. The van der Waals surface area contributed by atoms with E-state index in [2.05, 4.69) is 12.0 Å². The van der Waals surface area contributed by atoms with Crippen LogP contribution < -0.4 is 0 Å². The molecule has 2 nitrogen and oxygen atoms in total. The minimum Gasteiger partial charge on any atom is -0.481 e. The number of carboxylic acids is 1. The monoisotopic (exact) mass is 304 g/mol. The van der Waals surface area contributed by atoms with Gasteiger partial charge < -0.3 is 5.11 Å². The fourth-order valence-electron chi connectivity index (χ4n) is 3.10. The number of unbranched alkanes of at least 4 members (excludes halogenated alkanes) is 10. The van der Waals surface area contributed by atoms with Crippen molar-refractivity contribution in [1.82, 2.24) is 0 Å². The molecule has 0 aromatic carbocycles. The van der Waals surface area contributed by atoms with E-state index in [9.17, 15) is 4.79 Å². The zero-order valence-corrected chi connectivity index (χ0v) is 13.9. The Morgan fingerprint density at radius 3 is 2.05 bits per heavy atom. The highest BCUT2D eigenvalue weighted by Crippen LogP contribution is 2.42. The molecule has 124 valence electrons. The van der Waals surface area contributed by atoms with Crippen LogP contribution in [-0.4, -0.2) is 11.1 Å². The summed E-state index contributed by atoms with van der Waals surface area (Å²) < 4.78 is 0. The van der Waals surface area contributed by atoms with Crippen LogP contribution in [-0.2, 0) is 4.79 Å². The third-order valence-corrected chi connectivity index (χ3v) is 4.65. The average molecular weight is 304 g/mol. The maximum atomic E-state index is 10.7. The molecule has 0 radical (unpaired) electrons. The summed E-state index contributed by atoms with van der Waals surface area (Å²) in [6.07, 6.45) is 25.4. The first kappa shape index (κ1) is 18.8. The van der Waals surface area contributed by atoms with Gasteiger partial charge in [-0.25, -0.2) is 0 Å². The van der Waals surface area contributed by atoms with E-state index < -0.39 is 5.97 Å². The first-order valence-corrected chi connectivity index (χ1v) is 9.09. The maximum Gasteiger partial charge on any atom is 0.306 e. The van der Waals surface area contributed by atoms with Gasteiger partial charge in [0.25, 0.3) is 0 Å². The summed E-state index contributed by atoms with van der Waals surface area (Å²) in [5.74, 6) is 2.41. The van der Waals surface area contributed by atoms with Crippen LogP contribution in [0.1, 0.15) is 83.5 Å². The third-order valence-electron chi connectivity index (χ3n) is 4.65.